The molecule has 0 spiro atoms. The standard InChI is InChI=1S/C19H23N3O5S/c1-11-4-5-13(12(2)8-11)20-18(26)21-15(23)9-27-17(25)14-10-28-19(3)7-6-16(24)22(14)19/h4-5,8,14H,6-7,9-10H2,1-3H3,(H2,20,21,23,26)/t14-,19+/m1/s1. The van der Waals surface area contributed by atoms with Crippen molar-refractivity contribution in [2.45, 2.75) is 44.5 Å². The van der Waals surface area contributed by atoms with E-state index in [-0.39, 0.29) is 10.8 Å². The molecule has 8 nitrogen and oxygen atoms in total. The Bertz CT molecular complexity index is 843. The molecule has 3 rings (SSSR count). The van der Waals surface area contributed by atoms with Gasteiger partial charge in [0.15, 0.2) is 6.61 Å². The van der Waals surface area contributed by atoms with Crippen molar-refractivity contribution in [3.8, 4) is 0 Å². The highest BCUT2D eigenvalue weighted by atomic mass is 32.2. The highest BCUT2D eigenvalue weighted by Gasteiger charge is 2.53. The number of rotatable bonds is 4. The summed E-state index contributed by atoms with van der Waals surface area (Å²) in [6.07, 6.45) is 1.10. The molecule has 2 saturated heterocycles. The molecule has 2 aliphatic rings. The molecule has 2 fully saturated rings. The molecule has 0 radical (unpaired) electrons. The Morgan fingerprint density at radius 2 is 2.07 bits per heavy atom. The van der Waals surface area contributed by atoms with E-state index in [1.165, 1.54) is 0 Å². The summed E-state index contributed by atoms with van der Waals surface area (Å²) in [5.41, 5.74) is 2.51. The number of imide groups is 1. The number of carbonyl (C=O) groups is 4. The van der Waals surface area contributed by atoms with Crippen molar-refractivity contribution in [2.24, 2.45) is 0 Å². The van der Waals surface area contributed by atoms with Gasteiger partial charge in [-0.15, -0.1) is 11.8 Å². The van der Waals surface area contributed by atoms with E-state index in [1.54, 1.807) is 22.7 Å². The molecule has 0 bridgehead atoms. The maximum Gasteiger partial charge on any atom is 0.330 e. The molecule has 2 atom stereocenters. The molecule has 0 aliphatic carbocycles. The van der Waals surface area contributed by atoms with E-state index in [4.69, 9.17) is 4.74 Å². The lowest BCUT2D eigenvalue weighted by atomic mass is 10.1. The summed E-state index contributed by atoms with van der Waals surface area (Å²) < 4.78 is 5.04. The van der Waals surface area contributed by atoms with Gasteiger partial charge in [-0.25, -0.2) is 9.59 Å². The molecule has 0 saturated carbocycles. The first kappa shape index (κ1) is 20.2. The van der Waals surface area contributed by atoms with Crippen LogP contribution in [0.1, 0.15) is 30.9 Å². The van der Waals surface area contributed by atoms with Crippen LogP contribution < -0.4 is 10.6 Å². The predicted molar refractivity (Wildman–Crippen MR) is 105 cm³/mol. The molecule has 0 aromatic heterocycles. The van der Waals surface area contributed by atoms with E-state index in [1.807, 2.05) is 32.9 Å². The monoisotopic (exact) mass is 405 g/mol. The molecule has 0 unspecified atom stereocenters. The Morgan fingerprint density at radius 3 is 2.79 bits per heavy atom. The zero-order valence-electron chi connectivity index (χ0n) is 16.0. The van der Waals surface area contributed by atoms with E-state index < -0.39 is 30.6 Å². The largest absolute Gasteiger partial charge is 0.454 e. The van der Waals surface area contributed by atoms with Crippen LogP contribution >= 0.6 is 11.8 Å². The van der Waals surface area contributed by atoms with Crippen LogP contribution in [0.15, 0.2) is 18.2 Å². The second-order valence-corrected chi connectivity index (χ2v) is 8.70. The van der Waals surface area contributed by atoms with Crippen LogP contribution in [0, 0.1) is 13.8 Å². The van der Waals surface area contributed by atoms with Gasteiger partial charge in [0, 0.05) is 17.9 Å². The Kier molecular flexibility index (Phi) is 5.64. The van der Waals surface area contributed by atoms with Gasteiger partial charge in [0.25, 0.3) is 5.91 Å². The third-order valence-electron chi connectivity index (χ3n) is 4.95. The molecule has 9 heteroatoms. The van der Waals surface area contributed by atoms with Gasteiger partial charge in [-0.1, -0.05) is 17.7 Å². The van der Waals surface area contributed by atoms with Crippen LogP contribution in [0.4, 0.5) is 10.5 Å². The minimum absolute atomic E-state index is 0.0771. The van der Waals surface area contributed by atoms with Crippen molar-refractivity contribution in [1.29, 1.82) is 0 Å². The third-order valence-corrected chi connectivity index (χ3v) is 6.45. The van der Waals surface area contributed by atoms with Gasteiger partial charge in [0.1, 0.15) is 6.04 Å². The maximum absolute atomic E-state index is 12.3. The number of ether oxygens (including phenoxy) is 1. The highest BCUT2D eigenvalue weighted by Crippen LogP contribution is 2.47. The molecule has 1 aromatic carbocycles. The number of nitrogens with one attached hydrogen (secondary N) is 2. The zero-order chi connectivity index (χ0) is 20.5. The number of hydrogen-bond donors (Lipinski definition) is 2. The Balaban J connectivity index is 1.48. The summed E-state index contributed by atoms with van der Waals surface area (Å²) in [6.45, 7) is 5.13. The fourth-order valence-corrected chi connectivity index (χ4v) is 4.91. The van der Waals surface area contributed by atoms with Crippen LogP contribution in [0.25, 0.3) is 0 Å². The summed E-state index contributed by atoms with van der Waals surface area (Å²) in [5.74, 6) is -1.00. The van der Waals surface area contributed by atoms with Crippen LogP contribution in [0.5, 0.6) is 0 Å². The van der Waals surface area contributed by atoms with Crippen molar-refractivity contribution >= 4 is 41.3 Å². The van der Waals surface area contributed by atoms with Gasteiger partial charge in [0.2, 0.25) is 5.91 Å². The van der Waals surface area contributed by atoms with Crippen LogP contribution in [0.2, 0.25) is 0 Å². The second-order valence-electron chi connectivity index (χ2n) is 7.19. The normalized spacial score (nSPS) is 23.3. The third kappa shape index (κ3) is 4.14. The SMILES string of the molecule is Cc1ccc(NC(=O)NC(=O)COC(=O)[C@H]2CS[C@@]3(C)CCC(=O)N23)c(C)c1. The van der Waals surface area contributed by atoms with Gasteiger partial charge in [-0.3, -0.25) is 14.9 Å². The lowest BCUT2D eigenvalue weighted by Gasteiger charge is -2.29. The molecule has 28 heavy (non-hydrogen) atoms. The smallest absolute Gasteiger partial charge is 0.330 e. The van der Waals surface area contributed by atoms with Crippen LogP contribution in [-0.4, -0.2) is 52.0 Å². The van der Waals surface area contributed by atoms with Gasteiger partial charge >= 0.3 is 12.0 Å². The van der Waals surface area contributed by atoms with E-state index in [0.29, 0.717) is 24.3 Å². The number of amides is 4. The molecule has 2 N–H and O–H groups in total. The number of thioether (sulfide) groups is 1. The lowest BCUT2D eigenvalue weighted by molar-refractivity contribution is -0.156. The first-order chi connectivity index (χ1) is 13.2. The molecule has 1 aromatic rings. The summed E-state index contributed by atoms with van der Waals surface area (Å²) in [4.78, 5) is 49.4. The first-order valence-electron chi connectivity index (χ1n) is 9.00. The topological polar surface area (TPSA) is 105 Å². The second kappa shape index (κ2) is 7.83. The Hall–Kier alpha value is -2.55. The minimum Gasteiger partial charge on any atom is -0.454 e. The van der Waals surface area contributed by atoms with Gasteiger partial charge < -0.3 is 15.0 Å². The maximum atomic E-state index is 12.3. The van der Waals surface area contributed by atoms with E-state index in [0.717, 1.165) is 11.1 Å². The minimum atomic E-state index is -0.739. The fourth-order valence-electron chi connectivity index (χ4n) is 3.50. The number of nitrogens with zero attached hydrogens (tertiary/aromatic N) is 1. The summed E-state index contributed by atoms with van der Waals surface area (Å²) in [6, 6.07) is 4.11. The first-order valence-corrected chi connectivity index (χ1v) is 9.99. The number of carbonyl (C=O) groups excluding carboxylic acids is 4. The summed E-state index contributed by atoms with van der Waals surface area (Å²) in [7, 11) is 0. The zero-order valence-corrected chi connectivity index (χ0v) is 16.9. The van der Waals surface area contributed by atoms with Crippen LogP contribution in [-0.2, 0) is 19.1 Å². The molecule has 2 heterocycles. The lowest BCUT2D eigenvalue weighted by Crippen LogP contribution is -2.47. The van der Waals surface area contributed by atoms with Crippen molar-refractivity contribution in [1.82, 2.24) is 10.2 Å². The van der Waals surface area contributed by atoms with Crippen molar-refractivity contribution in [3.05, 3.63) is 29.3 Å². The molecule has 150 valence electrons. The predicted octanol–water partition coefficient (Wildman–Crippen LogP) is 1.95. The number of benzene rings is 1. The summed E-state index contributed by atoms with van der Waals surface area (Å²) in [5, 5.41) is 4.71. The number of anilines is 1. The van der Waals surface area contributed by atoms with Crippen molar-refractivity contribution in [2.75, 3.05) is 17.7 Å². The fraction of sp³-hybridized carbons (Fsp3) is 0.474. The summed E-state index contributed by atoms with van der Waals surface area (Å²) >= 11 is 1.54. The van der Waals surface area contributed by atoms with E-state index in [2.05, 4.69) is 10.6 Å². The number of urea groups is 1. The average Bonchev–Trinajstić information content (AvgIpc) is 3.11. The number of fused-ring (bicyclic) bond motifs is 1. The van der Waals surface area contributed by atoms with E-state index >= 15 is 0 Å². The molecular weight excluding hydrogens is 382 g/mol. The van der Waals surface area contributed by atoms with E-state index in [9.17, 15) is 19.2 Å². The molecule has 2 aliphatic heterocycles. The molecule has 4 amide bonds. The van der Waals surface area contributed by atoms with Crippen molar-refractivity contribution in [3.63, 3.8) is 0 Å². The van der Waals surface area contributed by atoms with Gasteiger partial charge in [-0.05, 0) is 38.8 Å². The quantitative estimate of drug-likeness (QED) is 0.742. The van der Waals surface area contributed by atoms with Crippen molar-refractivity contribution < 1.29 is 23.9 Å². The number of esters is 1. The Morgan fingerprint density at radius 1 is 1.32 bits per heavy atom. The van der Waals surface area contributed by atoms with Crippen LogP contribution in [0.3, 0.4) is 0 Å². The molecular formula is C19H23N3O5S. The average molecular weight is 405 g/mol. The number of aryl methyl sites for hydroxylation is 2. The Labute approximate surface area is 167 Å². The van der Waals surface area contributed by atoms with Gasteiger partial charge in [-0.2, -0.15) is 0 Å². The number of hydrogen-bond acceptors (Lipinski definition) is 6. The highest BCUT2D eigenvalue weighted by molar-refractivity contribution is 8.01. The van der Waals surface area contributed by atoms with Gasteiger partial charge in [0.05, 0.1) is 4.87 Å².